The summed E-state index contributed by atoms with van der Waals surface area (Å²) >= 11 is 5.75. The molecule has 1 aromatic rings. The fourth-order valence-corrected chi connectivity index (χ4v) is 1.42. The summed E-state index contributed by atoms with van der Waals surface area (Å²) in [6.45, 7) is 4.31. The highest BCUT2D eigenvalue weighted by molar-refractivity contribution is 6.30. The van der Waals surface area contributed by atoms with Crippen LogP contribution in [0, 0.1) is 0 Å². The van der Waals surface area contributed by atoms with Crippen molar-refractivity contribution in [3.63, 3.8) is 0 Å². The Morgan fingerprint density at radius 1 is 1.59 bits per heavy atom. The van der Waals surface area contributed by atoms with E-state index in [0.717, 1.165) is 12.2 Å². The number of carbonyl (C=O) groups is 1. The molecule has 5 heteroatoms. The number of nitrogens with zero attached hydrogens (tertiary/aromatic N) is 2. The Kier molecular flexibility index (Phi) is 5.22. The average Bonchev–Trinajstić information content (AvgIpc) is 2.29. The van der Waals surface area contributed by atoms with Crippen LogP contribution in [0.4, 0.5) is 5.82 Å². The van der Waals surface area contributed by atoms with Gasteiger partial charge in [-0.15, -0.1) is 0 Å². The van der Waals surface area contributed by atoms with Crippen LogP contribution in [0.25, 0.3) is 0 Å². The zero-order valence-corrected chi connectivity index (χ0v) is 11.2. The lowest BCUT2D eigenvalue weighted by Gasteiger charge is -2.19. The van der Waals surface area contributed by atoms with Crippen LogP contribution >= 0.6 is 11.6 Å². The third-order valence-electron chi connectivity index (χ3n) is 2.50. The summed E-state index contributed by atoms with van der Waals surface area (Å²) in [4.78, 5) is 17.6. The van der Waals surface area contributed by atoms with Crippen molar-refractivity contribution in [3.05, 3.63) is 23.4 Å². The molecule has 0 aliphatic heterocycles. The fraction of sp³-hybridized carbons (Fsp3) is 0.500. The van der Waals surface area contributed by atoms with Gasteiger partial charge in [-0.1, -0.05) is 18.5 Å². The lowest BCUT2D eigenvalue weighted by molar-refractivity contribution is -0.120. The summed E-state index contributed by atoms with van der Waals surface area (Å²) in [6, 6.07) is 3.75. The zero-order valence-electron chi connectivity index (χ0n) is 10.4. The Morgan fingerprint density at radius 3 is 2.82 bits per heavy atom. The maximum atomic E-state index is 11.7. The van der Waals surface area contributed by atoms with E-state index in [0.29, 0.717) is 11.6 Å². The van der Waals surface area contributed by atoms with E-state index in [-0.39, 0.29) is 11.9 Å². The number of rotatable bonds is 5. The first kappa shape index (κ1) is 13.8. The van der Waals surface area contributed by atoms with Crippen molar-refractivity contribution in [1.82, 2.24) is 10.3 Å². The molecule has 94 valence electrons. The average molecular weight is 256 g/mol. The molecule has 1 atom stereocenters. The first-order valence-electron chi connectivity index (χ1n) is 5.65. The molecular weight excluding hydrogens is 238 g/mol. The first-order valence-corrected chi connectivity index (χ1v) is 6.02. The monoisotopic (exact) mass is 255 g/mol. The van der Waals surface area contributed by atoms with Gasteiger partial charge in [-0.05, 0) is 25.5 Å². The van der Waals surface area contributed by atoms with Crippen LogP contribution < -0.4 is 10.2 Å². The van der Waals surface area contributed by atoms with Crippen LogP contribution in [0.3, 0.4) is 0 Å². The van der Waals surface area contributed by atoms with Crippen LogP contribution in [0.15, 0.2) is 18.3 Å². The van der Waals surface area contributed by atoms with Crippen molar-refractivity contribution in [2.75, 3.05) is 18.5 Å². The number of pyridine rings is 1. The largest absolute Gasteiger partial charge is 0.352 e. The molecule has 0 aromatic carbocycles. The molecule has 17 heavy (non-hydrogen) atoms. The minimum atomic E-state index is -0.00130. The van der Waals surface area contributed by atoms with E-state index >= 15 is 0 Å². The Morgan fingerprint density at radius 2 is 2.29 bits per heavy atom. The third-order valence-corrected chi connectivity index (χ3v) is 2.73. The molecule has 1 N–H and O–H groups in total. The second-order valence-corrected chi connectivity index (χ2v) is 4.50. The van der Waals surface area contributed by atoms with Gasteiger partial charge in [0.15, 0.2) is 0 Å². The lowest BCUT2D eigenvalue weighted by atomic mass is 10.2. The summed E-state index contributed by atoms with van der Waals surface area (Å²) in [5.74, 6) is 0.729. The van der Waals surface area contributed by atoms with Crippen molar-refractivity contribution in [1.29, 1.82) is 0 Å². The van der Waals surface area contributed by atoms with Gasteiger partial charge in [0.2, 0.25) is 5.91 Å². The maximum absolute atomic E-state index is 11.7. The Hall–Kier alpha value is -1.29. The molecule has 0 radical (unpaired) electrons. The number of hydrogen-bond acceptors (Lipinski definition) is 3. The third kappa shape index (κ3) is 4.61. The SMILES string of the molecule is CCC(C)NC(=O)CN(C)c1ccc(Cl)cn1. The Bertz CT molecular complexity index is 367. The Labute approximate surface area is 107 Å². The predicted molar refractivity (Wildman–Crippen MR) is 70.4 cm³/mol. The quantitative estimate of drug-likeness (QED) is 0.876. The molecule has 1 aromatic heterocycles. The van der Waals surface area contributed by atoms with Crippen molar-refractivity contribution in [3.8, 4) is 0 Å². The molecule has 0 bridgehead atoms. The van der Waals surface area contributed by atoms with Gasteiger partial charge in [0.05, 0.1) is 11.6 Å². The number of amides is 1. The number of nitrogens with one attached hydrogen (secondary N) is 1. The highest BCUT2D eigenvalue weighted by Crippen LogP contribution is 2.12. The number of hydrogen-bond donors (Lipinski definition) is 1. The number of anilines is 1. The molecule has 0 spiro atoms. The van der Waals surface area contributed by atoms with E-state index in [1.165, 1.54) is 0 Å². The molecule has 4 nitrogen and oxygen atoms in total. The molecule has 1 unspecified atom stereocenters. The Balaban J connectivity index is 2.51. The van der Waals surface area contributed by atoms with Crippen molar-refractivity contribution < 1.29 is 4.79 Å². The van der Waals surface area contributed by atoms with Crippen LogP contribution in [-0.2, 0) is 4.79 Å². The lowest BCUT2D eigenvalue weighted by Crippen LogP contribution is -2.39. The van der Waals surface area contributed by atoms with Crippen LogP contribution in [0.1, 0.15) is 20.3 Å². The van der Waals surface area contributed by atoms with Gasteiger partial charge in [-0.25, -0.2) is 4.98 Å². The number of carbonyl (C=O) groups excluding carboxylic acids is 1. The molecule has 0 saturated carbocycles. The van der Waals surface area contributed by atoms with E-state index in [1.54, 1.807) is 23.2 Å². The minimum Gasteiger partial charge on any atom is -0.352 e. The van der Waals surface area contributed by atoms with Crippen LogP contribution in [0.2, 0.25) is 5.02 Å². The molecule has 1 amide bonds. The van der Waals surface area contributed by atoms with E-state index < -0.39 is 0 Å². The summed E-state index contributed by atoms with van der Waals surface area (Å²) in [5.41, 5.74) is 0. The van der Waals surface area contributed by atoms with Crippen molar-refractivity contribution >= 4 is 23.3 Å². The van der Waals surface area contributed by atoms with Gasteiger partial charge in [0, 0.05) is 19.3 Å². The van der Waals surface area contributed by atoms with Crippen molar-refractivity contribution in [2.45, 2.75) is 26.3 Å². The molecule has 1 heterocycles. The first-order chi connectivity index (χ1) is 8.02. The highest BCUT2D eigenvalue weighted by Gasteiger charge is 2.10. The predicted octanol–water partition coefficient (Wildman–Crippen LogP) is 2.09. The van der Waals surface area contributed by atoms with Crippen molar-refractivity contribution in [2.24, 2.45) is 0 Å². The van der Waals surface area contributed by atoms with E-state index in [4.69, 9.17) is 11.6 Å². The van der Waals surface area contributed by atoms with Gasteiger partial charge in [0.25, 0.3) is 0 Å². The van der Waals surface area contributed by atoms with Gasteiger partial charge in [0.1, 0.15) is 5.82 Å². The van der Waals surface area contributed by atoms with Crippen LogP contribution in [0.5, 0.6) is 0 Å². The second kappa shape index (κ2) is 6.45. The maximum Gasteiger partial charge on any atom is 0.239 e. The number of aromatic nitrogens is 1. The standard InChI is InChI=1S/C12H18ClN3O/c1-4-9(2)15-12(17)8-16(3)11-6-5-10(13)7-14-11/h5-7,9H,4,8H2,1-3H3,(H,15,17). The summed E-state index contributed by atoms with van der Waals surface area (Å²) in [7, 11) is 1.83. The second-order valence-electron chi connectivity index (χ2n) is 4.07. The highest BCUT2D eigenvalue weighted by atomic mass is 35.5. The minimum absolute atomic E-state index is 0.00130. The number of likely N-dealkylation sites (N-methyl/N-ethyl adjacent to an activating group) is 1. The van der Waals surface area contributed by atoms with Gasteiger partial charge < -0.3 is 10.2 Å². The van der Waals surface area contributed by atoms with E-state index in [1.807, 2.05) is 20.9 Å². The molecule has 1 rings (SSSR count). The van der Waals surface area contributed by atoms with E-state index in [2.05, 4.69) is 10.3 Å². The molecular formula is C12H18ClN3O. The topological polar surface area (TPSA) is 45.2 Å². The molecule has 0 aliphatic rings. The smallest absolute Gasteiger partial charge is 0.239 e. The summed E-state index contributed by atoms with van der Waals surface area (Å²) in [5, 5.41) is 3.50. The molecule has 0 saturated heterocycles. The molecule has 0 fully saturated rings. The summed E-state index contributed by atoms with van der Waals surface area (Å²) < 4.78 is 0. The zero-order chi connectivity index (χ0) is 12.8. The van der Waals surface area contributed by atoms with E-state index in [9.17, 15) is 4.79 Å². The van der Waals surface area contributed by atoms with Crippen LogP contribution in [-0.4, -0.2) is 30.5 Å². The summed E-state index contributed by atoms with van der Waals surface area (Å²) in [6.07, 6.45) is 2.49. The fourth-order valence-electron chi connectivity index (χ4n) is 1.31. The van der Waals surface area contributed by atoms with Gasteiger partial charge in [-0.3, -0.25) is 4.79 Å². The normalized spacial score (nSPS) is 12.0. The molecule has 0 aliphatic carbocycles. The number of halogens is 1. The van der Waals surface area contributed by atoms with Gasteiger partial charge in [-0.2, -0.15) is 0 Å². The van der Waals surface area contributed by atoms with Gasteiger partial charge >= 0.3 is 0 Å².